The second kappa shape index (κ2) is 10.4. The van der Waals surface area contributed by atoms with E-state index in [9.17, 15) is 9.59 Å². The summed E-state index contributed by atoms with van der Waals surface area (Å²) in [6.45, 7) is 6.20. The highest BCUT2D eigenvalue weighted by Crippen LogP contribution is 2.34. The van der Waals surface area contributed by atoms with Crippen molar-refractivity contribution in [3.8, 4) is 5.75 Å². The maximum Gasteiger partial charge on any atom is 0.338 e. The van der Waals surface area contributed by atoms with Crippen LogP contribution in [0.5, 0.6) is 5.75 Å². The molecule has 2 aliphatic rings. The molecule has 2 aromatic carbocycles. The molecule has 1 atom stereocenters. The molecule has 1 fully saturated rings. The molecule has 8 nitrogen and oxygen atoms in total. The number of carbonyl (C=O) groups is 2. The van der Waals surface area contributed by atoms with Gasteiger partial charge in [-0.15, -0.1) is 0 Å². The highest BCUT2D eigenvalue weighted by atomic mass is 16.5. The van der Waals surface area contributed by atoms with Crippen LogP contribution in [0.25, 0.3) is 0 Å². The van der Waals surface area contributed by atoms with Crippen LogP contribution in [0.1, 0.15) is 18.5 Å². The number of esters is 1. The molecular formula is C25H30N4O4. The van der Waals surface area contributed by atoms with Crippen molar-refractivity contribution in [2.45, 2.75) is 13.0 Å². The SMILES string of the molecule is CCOc1ccccc1[C@H]1NC(=O)NC(CN2CCN(c3ccccc3)CC2)=C1C(=O)OC. The van der Waals surface area contributed by atoms with Crippen LogP contribution in [0.3, 0.4) is 0 Å². The Kier molecular flexibility index (Phi) is 7.14. The van der Waals surface area contributed by atoms with Crippen molar-refractivity contribution in [2.75, 3.05) is 51.3 Å². The Morgan fingerprint density at radius 2 is 1.73 bits per heavy atom. The monoisotopic (exact) mass is 450 g/mol. The predicted molar refractivity (Wildman–Crippen MR) is 126 cm³/mol. The zero-order valence-corrected chi connectivity index (χ0v) is 19.0. The molecule has 2 aliphatic heterocycles. The van der Waals surface area contributed by atoms with Crippen LogP contribution in [0.4, 0.5) is 10.5 Å². The molecule has 33 heavy (non-hydrogen) atoms. The number of hydrogen-bond donors (Lipinski definition) is 2. The van der Waals surface area contributed by atoms with Crippen LogP contribution in [0, 0.1) is 0 Å². The largest absolute Gasteiger partial charge is 0.494 e. The van der Waals surface area contributed by atoms with Crippen molar-refractivity contribution in [1.82, 2.24) is 15.5 Å². The van der Waals surface area contributed by atoms with Crippen LogP contribution >= 0.6 is 0 Å². The van der Waals surface area contributed by atoms with E-state index in [2.05, 4.69) is 32.6 Å². The molecule has 0 unspecified atom stereocenters. The Morgan fingerprint density at radius 3 is 2.42 bits per heavy atom. The fourth-order valence-electron chi connectivity index (χ4n) is 4.36. The third kappa shape index (κ3) is 5.12. The number of benzene rings is 2. The lowest BCUT2D eigenvalue weighted by atomic mass is 9.94. The van der Waals surface area contributed by atoms with Crippen molar-refractivity contribution in [2.24, 2.45) is 0 Å². The van der Waals surface area contributed by atoms with E-state index in [0.717, 1.165) is 31.7 Å². The number of anilines is 1. The number of carbonyl (C=O) groups excluding carboxylic acids is 2. The van der Waals surface area contributed by atoms with Gasteiger partial charge in [-0.1, -0.05) is 36.4 Å². The molecule has 174 valence electrons. The van der Waals surface area contributed by atoms with E-state index >= 15 is 0 Å². The zero-order chi connectivity index (χ0) is 23.2. The minimum absolute atomic E-state index is 0.350. The predicted octanol–water partition coefficient (Wildman–Crippen LogP) is 2.69. The minimum atomic E-state index is -0.658. The van der Waals surface area contributed by atoms with Crippen molar-refractivity contribution < 1.29 is 19.1 Å². The number of methoxy groups -OCH3 is 1. The summed E-state index contributed by atoms with van der Waals surface area (Å²) in [4.78, 5) is 30.0. The first kappa shape index (κ1) is 22.7. The van der Waals surface area contributed by atoms with Gasteiger partial charge in [0, 0.05) is 49.7 Å². The van der Waals surface area contributed by atoms with Gasteiger partial charge >= 0.3 is 12.0 Å². The third-order valence-electron chi connectivity index (χ3n) is 5.96. The van der Waals surface area contributed by atoms with Crippen LogP contribution < -0.4 is 20.3 Å². The number of piperazine rings is 1. The first-order valence-corrected chi connectivity index (χ1v) is 11.2. The van der Waals surface area contributed by atoms with Gasteiger partial charge in [-0.3, -0.25) is 4.90 Å². The number of nitrogens with zero attached hydrogens (tertiary/aromatic N) is 2. The Hall–Kier alpha value is -3.52. The molecule has 2 N–H and O–H groups in total. The maximum absolute atomic E-state index is 12.9. The van der Waals surface area contributed by atoms with E-state index in [1.54, 1.807) is 0 Å². The Morgan fingerprint density at radius 1 is 1.03 bits per heavy atom. The van der Waals surface area contributed by atoms with Crippen molar-refractivity contribution in [3.63, 3.8) is 0 Å². The average molecular weight is 451 g/mol. The molecule has 0 bridgehead atoms. The Labute approximate surface area is 194 Å². The molecule has 1 saturated heterocycles. The van der Waals surface area contributed by atoms with E-state index in [1.807, 2.05) is 49.4 Å². The van der Waals surface area contributed by atoms with Crippen molar-refractivity contribution in [3.05, 3.63) is 71.4 Å². The van der Waals surface area contributed by atoms with Gasteiger partial charge in [0.05, 0.1) is 25.3 Å². The fourth-order valence-corrected chi connectivity index (χ4v) is 4.36. The van der Waals surface area contributed by atoms with E-state index in [0.29, 0.717) is 30.2 Å². The lowest BCUT2D eigenvalue weighted by Gasteiger charge is -2.38. The van der Waals surface area contributed by atoms with Gasteiger partial charge in [-0.25, -0.2) is 9.59 Å². The van der Waals surface area contributed by atoms with Crippen LogP contribution in [-0.4, -0.2) is 63.3 Å². The molecule has 0 aliphatic carbocycles. The Balaban J connectivity index is 1.58. The second-order valence-electron chi connectivity index (χ2n) is 7.98. The van der Waals surface area contributed by atoms with Gasteiger partial charge in [0.1, 0.15) is 5.75 Å². The highest BCUT2D eigenvalue weighted by Gasteiger charge is 2.35. The van der Waals surface area contributed by atoms with E-state index < -0.39 is 12.0 Å². The molecule has 2 amide bonds. The topological polar surface area (TPSA) is 83.1 Å². The normalized spacial score (nSPS) is 19.0. The lowest BCUT2D eigenvalue weighted by Crippen LogP contribution is -2.51. The summed E-state index contributed by atoms with van der Waals surface area (Å²) in [6, 6.07) is 16.7. The molecule has 0 saturated carbocycles. The summed E-state index contributed by atoms with van der Waals surface area (Å²) in [6.07, 6.45) is 0. The lowest BCUT2D eigenvalue weighted by molar-refractivity contribution is -0.136. The first-order chi connectivity index (χ1) is 16.1. The van der Waals surface area contributed by atoms with E-state index in [1.165, 1.54) is 12.8 Å². The standard InChI is InChI=1S/C25H30N4O4/c1-3-33-21-12-8-7-11-19(21)23-22(24(30)32-2)20(26-25(31)27-23)17-28-13-15-29(16-14-28)18-9-5-4-6-10-18/h4-12,23H,3,13-17H2,1-2H3,(H2,26,27,31)/t23-/m1/s1. The summed E-state index contributed by atoms with van der Waals surface area (Å²) in [7, 11) is 1.35. The Bertz CT molecular complexity index is 1020. The van der Waals surface area contributed by atoms with Gasteiger partial charge in [0.15, 0.2) is 0 Å². The molecule has 2 aromatic rings. The molecule has 8 heteroatoms. The number of urea groups is 1. The molecule has 0 radical (unpaired) electrons. The molecule has 0 spiro atoms. The van der Waals surface area contributed by atoms with Crippen molar-refractivity contribution >= 4 is 17.7 Å². The van der Waals surface area contributed by atoms with E-state index in [-0.39, 0.29) is 6.03 Å². The maximum atomic E-state index is 12.9. The molecule has 0 aromatic heterocycles. The van der Waals surface area contributed by atoms with Gasteiger partial charge in [0.2, 0.25) is 0 Å². The molecular weight excluding hydrogens is 420 g/mol. The quantitative estimate of drug-likeness (QED) is 0.631. The highest BCUT2D eigenvalue weighted by molar-refractivity contribution is 5.95. The number of nitrogens with one attached hydrogen (secondary N) is 2. The molecule has 2 heterocycles. The van der Waals surface area contributed by atoms with Gasteiger partial charge < -0.3 is 25.0 Å². The fraction of sp³-hybridized carbons (Fsp3) is 0.360. The number of amides is 2. The first-order valence-electron chi connectivity index (χ1n) is 11.2. The third-order valence-corrected chi connectivity index (χ3v) is 5.96. The van der Waals surface area contributed by atoms with Crippen LogP contribution in [0.2, 0.25) is 0 Å². The average Bonchev–Trinajstić information content (AvgIpc) is 2.85. The van der Waals surface area contributed by atoms with Crippen molar-refractivity contribution in [1.29, 1.82) is 0 Å². The van der Waals surface area contributed by atoms with Gasteiger partial charge in [0.25, 0.3) is 0 Å². The smallest absolute Gasteiger partial charge is 0.338 e. The number of rotatable bonds is 7. The summed E-state index contributed by atoms with van der Waals surface area (Å²) < 4.78 is 10.9. The summed E-state index contributed by atoms with van der Waals surface area (Å²) >= 11 is 0. The second-order valence-corrected chi connectivity index (χ2v) is 7.98. The summed E-state index contributed by atoms with van der Waals surface area (Å²) in [5.41, 5.74) is 2.89. The van der Waals surface area contributed by atoms with E-state index in [4.69, 9.17) is 9.47 Å². The van der Waals surface area contributed by atoms with Crippen LogP contribution in [-0.2, 0) is 9.53 Å². The summed E-state index contributed by atoms with van der Waals surface area (Å²) in [5, 5.41) is 5.73. The zero-order valence-electron chi connectivity index (χ0n) is 19.0. The molecule has 4 rings (SSSR count). The minimum Gasteiger partial charge on any atom is -0.494 e. The summed E-state index contributed by atoms with van der Waals surface area (Å²) in [5.74, 6) is 0.154. The number of para-hydroxylation sites is 2. The van der Waals surface area contributed by atoms with Crippen LogP contribution in [0.15, 0.2) is 65.9 Å². The number of hydrogen-bond acceptors (Lipinski definition) is 6. The number of ether oxygens (including phenoxy) is 2. The van der Waals surface area contributed by atoms with Gasteiger partial charge in [-0.05, 0) is 25.1 Å². The van der Waals surface area contributed by atoms with Gasteiger partial charge in [-0.2, -0.15) is 0 Å².